The molecule has 6 aliphatic rings. The molecule has 0 bridgehead atoms. The van der Waals surface area contributed by atoms with Gasteiger partial charge in [0.05, 0.1) is 33.4 Å². The lowest BCUT2D eigenvalue weighted by atomic mass is 10.0. The van der Waals surface area contributed by atoms with E-state index in [1.165, 1.54) is 18.2 Å². The summed E-state index contributed by atoms with van der Waals surface area (Å²) >= 11 is 0. The number of esters is 2. The fourth-order valence-corrected chi connectivity index (χ4v) is 10.2. The van der Waals surface area contributed by atoms with Crippen LogP contribution in [0.15, 0.2) is 54.6 Å². The van der Waals surface area contributed by atoms with Gasteiger partial charge in [-0.2, -0.15) is 13.2 Å². The maximum absolute atomic E-state index is 13.7. The lowest BCUT2D eigenvalue weighted by Gasteiger charge is -2.27. The maximum Gasteiger partial charge on any atom is 0.446 e. The Bertz CT molecular complexity index is 3560. The van der Waals surface area contributed by atoms with Crippen molar-refractivity contribution < 1.29 is 109 Å². The molecule has 0 aliphatic carbocycles. The molecule has 3 saturated heterocycles. The van der Waals surface area contributed by atoms with Gasteiger partial charge in [0.15, 0.2) is 0 Å². The lowest BCUT2D eigenvalue weighted by Crippen LogP contribution is -2.54. The predicted octanol–water partition coefficient (Wildman–Crippen LogP) is 5.20. The number of piperidine rings is 3. The first-order valence-electron chi connectivity index (χ1n) is 30.6. The summed E-state index contributed by atoms with van der Waals surface area (Å²) < 4.78 is 55.3. The van der Waals surface area contributed by atoms with E-state index in [-0.39, 0.29) is 95.9 Å². The van der Waals surface area contributed by atoms with Gasteiger partial charge in [-0.1, -0.05) is 18.2 Å². The number of halogens is 4. The largest absolute Gasteiger partial charge is 0.481 e. The van der Waals surface area contributed by atoms with E-state index in [4.69, 9.17) is 25.1 Å². The molecule has 0 saturated carbocycles. The number of anilines is 2. The molecule has 8 N–H and O–H groups in total. The third kappa shape index (κ3) is 21.2. The van der Waals surface area contributed by atoms with Gasteiger partial charge in [-0.25, -0.2) is 4.39 Å². The summed E-state index contributed by atoms with van der Waals surface area (Å²) in [5.74, 6) is -9.08. The Morgan fingerprint density at radius 3 is 1.16 bits per heavy atom. The highest BCUT2D eigenvalue weighted by atomic mass is 19.4. The first kappa shape index (κ1) is 76.6. The van der Waals surface area contributed by atoms with Crippen molar-refractivity contribution in [3.05, 3.63) is 93.8 Å². The van der Waals surface area contributed by atoms with Crippen LogP contribution in [0.4, 0.5) is 28.9 Å². The molecule has 0 spiro atoms. The quantitative estimate of drug-likeness (QED) is 0.0267. The van der Waals surface area contributed by atoms with Gasteiger partial charge in [0.2, 0.25) is 41.7 Å². The van der Waals surface area contributed by atoms with E-state index in [1.807, 2.05) is 41.5 Å². The minimum atomic E-state index is -4.64. The summed E-state index contributed by atoms with van der Waals surface area (Å²) in [6.07, 6.45) is -0.323. The van der Waals surface area contributed by atoms with Crippen molar-refractivity contribution in [2.24, 2.45) is 5.73 Å². The van der Waals surface area contributed by atoms with Crippen molar-refractivity contribution in [1.29, 1.82) is 0 Å². The number of fused-ring (bicyclic) bond motifs is 3. The van der Waals surface area contributed by atoms with Crippen LogP contribution in [0.25, 0.3) is 0 Å². The Morgan fingerprint density at radius 2 is 0.844 bits per heavy atom. The number of carboxylic acid groups (broad SMARTS) is 1. The number of carboxylic acids is 1. The number of imide groups is 6. The highest BCUT2D eigenvalue weighted by Crippen LogP contribution is 2.35. The highest BCUT2D eigenvalue weighted by Gasteiger charge is 2.49. The van der Waals surface area contributed by atoms with Gasteiger partial charge in [0.25, 0.3) is 35.4 Å². The number of nitrogens with zero attached hydrogens (tertiary/aromatic N) is 3. The third-order valence-electron chi connectivity index (χ3n) is 14.4. The van der Waals surface area contributed by atoms with Gasteiger partial charge in [-0.15, -0.1) is 0 Å². The zero-order valence-electron chi connectivity index (χ0n) is 53.5. The molecule has 3 aromatic rings. The molecule has 3 fully saturated rings. The number of ether oxygens (including phenoxy) is 2. The summed E-state index contributed by atoms with van der Waals surface area (Å²) in [4.78, 5) is 190. The van der Waals surface area contributed by atoms with Gasteiger partial charge in [0.1, 0.15) is 35.1 Å². The van der Waals surface area contributed by atoms with Crippen LogP contribution in [0.1, 0.15) is 200 Å². The molecule has 32 heteroatoms. The Hall–Kier alpha value is -10.1. The zero-order valence-corrected chi connectivity index (χ0v) is 53.5. The second-order valence-electron chi connectivity index (χ2n) is 24.2. The molecule has 0 aromatic heterocycles. The van der Waals surface area contributed by atoms with Crippen LogP contribution in [0, 0.1) is 5.82 Å². The van der Waals surface area contributed by atoms with Crippen molar-refractivity contribution in [3.8, 4) is 0 Å². The number of alkyl halides is 3. The Kier molecular flexibility index (Phi) is 27.0. The lowest BCUT2D eigenvalue weighted by molar-refractivity contribution is -0.156. The van der Waals surface area contributed by atoms with Gasteiger partial charge in [-0.05, 0) is 142 Å². The fourth-order valence-electron chi connectivity index (χ4n) is 10.2. The molecule has 6 aliphatic heterocycles. The van der Waals surface area contributed by atoms with Gasteiger partial charge < -0.3 is 30.9 Å². The summed E-state index contributed by atoms with van der Waals surface area (Å²) in [7, 11) is 0. The second kappa shape index (κ2) is 33.8. The molecule has 28 nitrogen and oxygen atoms in total. The first-order chi connectivity index (χ1) is 45.0. The smallest absolute Gasteiger partial charge is 0.446 e. The topological polar surface area (TPSA) is 408 Å². The average Bonchev–Trinajstić information content (AvgIpc) is 1.62. The molecule has 3 atom stereocenters. The fraction of sp³-hybridized carbons (Fsp3) is 0.469. The van der Waals surface area contributed by atoms with E-state index in [2.05, 4.69) is 26.6 Å². The number of nitrogens with two attached hydrogens (primary N) is 1. The number of rotatable bonds is 19. The first-order valence-corrected chi connectivity index (χ1v) is 30.6. The Balaban J connectivity index is 0.000000234. The van der Waals surface area contributed by atoms with Crippen LogP contribution < -0.4 is 32.3 Å². The minimum Gasteiger partial charge on any atom is -0.481 e. The van der Waals surface area contributed by atoms with Crippen LogP contribution in [-0.2, 0) is 57.4 Å². The predicted molar refractivity (Wildman–Crippen MR) is 328 cm³/mol. The maximum atomic E-state index is 13.7. The Morgan fingerprint density at radius 1 is 0.521 bits per heavy atom. The molecular formula is C64H75F4N9O19. The zero-order chi connectivity index (χ0) is 71.6. The molecular weight excluding hydrogens is 1270 g/mol. The van der Waals surface area contributed by atoms with Crippen molar-refractivity contribution in [1.82, 2.24) is 30.7 Å². The molecule has 518 valence electrons. The summed E-state index contributed by atoms with van der Waals surface area (Å²) in [5.41, 5.74) is 5.88. The van der Waals surface area contributed by atoms with Crippen molar-refractivity contribution in [2.45, 2.75) is 173 Å². The highest BCUT2D eigenvalue weighted by molar-refractivity contribution is 6.27. The van der Waals surface area contributed by atoms with E-state index in [1.54, 1.807) is 30.3 Å². The van der Waals surface area contributed by atoms with Gasteiger partial charge in [-0.3, -0.25) is 107 Å². The molecule has 6 heterocycles. The molecule has 0 radical (unpaired) electrons. The number of aliphatic carboxylic acids is 1. The summed E-state index contributed by atoms with van der Waals surface area (Å²) in [5, 5.41) is 21.3. The van der Waals surface area contributed by atoms with Crippen LogP contribution in [-0.4, -0.2) is 170 Å². The summed E-state index contributed by atoms with van der Waals surface area (Å²) in [6, 6.07) is 10.4. The normalized spacial score (nSPS) is 18.1. The SMILES string of the molecule is CC(C)(C)OC(=O)CCCCN.CC(C)(C)OC(=O)CCCCNc1cccc2c1C(=O)N(C1CCC(=O)NC1=O)C2=O.O=C(O)CCCCNc1cccc2c1C(=O)N(C1CCC(=O)NC1=O)C2=O.O=C1CCC(N2C(=O)c3cccc(F)c3C2=O)C(=O)N1.O=CC(F)(F)F. The van der Waals surface area contributed by atoms with Gasteiger partial charge in [0, 0.05) is 63.0 Å². The second-order valence-corrected chi connectivity index (χ2v) is 24.2. The number of nitrogens with one attached hydrogen (secondary N) is 5. The van der Waals surface area contributed by atoms with Crippen molar-refractivity contribution in [2.75, 3.05) is 30.3 Å². The number of unbranched alkanes of at least 4 members (excludes halogenated alkanes) is 3. The Labute approximate surface area is 547 Å². The van der Waals surface area contributed by atoms with E-state index in [9.17, 15) is 89.5 Å². The minimum absolute atomic E-state index is 0.0340. The van der Waals surface area contributed by atoms with Crippen molar-refractivity contribution in [3.63, 3.8) is 0 Å². The van der Waals surface area contributed by atoms with Crippen LogP contribution in [0.5, 0.6) is 0 Å². The molecule has 9 rings (SSSR count). The molecule has 3 aromatic carbocycles. The monoisotopic (exact) mass is 1350 g/mol. The van der Waals surface area contributed by atoms with Crippen molar-refractivity contribution >= 4 is 106 Å². The number of carbonyl (C=O) groups is 16. The number of carbonyl (C=O) groups excluding carboxylic acids is 15. The van der Waals surface area contributed by atoms with Crippen LogP contribution in [0.3, 0.4) is 0 Å². The van der Waals surface area contributed by atoms with E-state index < -0.39 is 119 Å². The van der Waals surface area contributed by atoms with Gasteiger partial charge >= 0.3 is 24.1 Å². The number of hydrogen-bond donors (Lipinski definition) is 7. The van der Waals surface area contributed by atoms with E-state index in [0.717, 1.165) is 33.6 Å². The summed E-state index contributed by atoms with van der Waals surface area (Å²) in [6.45, 7) is 12.7. The van der Waals surface area contributed by atoms with Crippen LogP contribution in [0.2, 0.25) is 0 Å². The average molecular weight is 1350 g/mol. The molecule has 12 amide bonds. The standard InChI is InChI=1S/C22H27N3O6.C18H19N3O6.C13H9FN2O4.C9H19NO2.C2HF3O/c1-22(2,3)31-17(27)9-4-5-12-23-14-8-6-7-13-18(14)21(30)25(20(13)29)15-10-11-16(26)24-19(15)28;22-13-8-7-12(16(25)20-13)21-17(26)10-4-3-5-11(15(10)18(21)27)19-9-2-1-6-14(23)24;14-7-3-1-2-6-10(7)13(20)16(12(6)19)8-4-5-9(17)15-11(8)18;1-9(2,3)12-8(11)6-4-5-7-10;3-2(4,5)1-6/h6-8,15,23H,4-5,9-12H2,1-3H3,(H,24,26,28);3-5,12,19H,1-2,6-9H2,(H,23,24)(H,20,22,25);1-3,8H,4-5H2,(H,15,17,18);4-7,10H2,1-3H3;1H. The third-order valence-corrected chi connectivity index (χ3v) is 14.4. The van der Waals surface area contributed by atoms with E-state index >= 15 is 0 Å². The van der Waals surface area contributed by atoms with E-state index in [0.29, 0.717) is 69.5 Å². The number of amides is 12. The number of benzene rings is 3. The number of aldehydes is 1. The van der Waals surface area contributed by atoms with Crippen LogP contribution >= 0.6 is 0 Å². The number of hydrogen-bond acceptors (Lipinski definition) is 21. The molecule has 3 unspecified atom stereocenters. The molecule has 96 heavy (non-hydrogen) atoms.